The van der Waals surface area contributed by atoms with Gasteiger partial charge < -0.3 is 9.73 Å². The van der Waals surface area contributed by atoms with Crippen molar-refractivity contribution in [3.8, 4) is 0 Å². The summed E-state index contributed by atoms with van der Waals surface area (Å²) in [7, 11) is 0. The Hall–Kier alpha value is -2.39. The number of carbonyl (C=O) groups excluding carboxylic acids is 1. The number of hydrogen-bond donors (Lipinski definition) is 2. The standard InChI is InChI=1S/C13H14F3N5O2/c1-6(9-19-12(21-20-9)13(14,15)16)17-10(22)8-5-23-11(18-8)7-3-2-4-7/h5-7H,2-4H2,1H3,(H,17,22)(H,19,20,21). The van der Waals surface area contributed by atoms with Crippen molar-refractivity contribution in [1.82, 2.24) is 25.5 Å². The molecule has 2 heterocycles. The van der Waals surface area contributed by atoms with E-state index in [2.05, 4.69) is 25.5 Å². The Kier molecular flexibility index (Phi) is 3.82. The molecule has 7 nitrogen and oxygen atoms in total. The molecule has 124 valence electrons. The summed E-state index contributed by atoms with van der Waals surface area (Å²) in [6.45, 7) is 1.49. The van der Waals surface area contributed by atoms with E-state index in [1.54, 1.807) is 0 Å². The van der Waals surface area contributed by atoms with Gasteiger partial charge in [0.1, 0.15) is 12.1 Å². The predicted octanol–water partition coefficient (Wildman–Crippen LogP) is 2.57. The lowest BCUT2D eigenvalue weighted by Gasteiger charge is -2.21. The summed E-state index contributed by atoms with van der Waals surface area (Å²) < 4.78 is 42.6. The summed E-state index contributed by atoms with van der Waals surface area (Å²) in [5.41, 5.74) is 0.0920. The van der Waals surface area contributed by atoms with E-state index >= 15 is 0 Å². The van der Waals surface area contributed by atoms with Gasteiger partial charge in [-0.1, -0.05) is 6.42 Å². The van der Waals surface area contributed by atoms with Gasteiger partial charge in [-0.2, -0.15) is 13.2 Å². The molecule has 1 aliphatic rings. The molecule has 23 heavy (non-hydrogen) atoms. The van der Waals surface area contributed by atoms with E-state index in [1.807, 2.05) is 0 Å². The molecule has 0 spiro atoms. The number of H-pyrrole nitrogens is 1. The molecule has 2 aromatic heterocycles. The lowest BCUT2D eigenvalue weighted by molar-refractivity contribution is -0.144. The second-order valence-electron chi connectivity index (χ2n) is 5.44. The number of nitrogens with one attached hydrogen (secondary N) is 2. The minimum atomic E-state index is -4.64. The van der Waals surface area contributed by atoms with Crippen molar-refractivity contribution >= 4 is 5.91 Å². The number of amides is 1. The van der Waals surface area contributed by atoms with Gasteiger partial charge in [0.25, 0.3) is 11.7 Å². The molecule has 10 heteroatoms. The normalized spacial score (nSPS) is 16.9. The Morgan fingerprint density at radius 1 is 1.43 bits per heavy atom. The van der Waals surface area contributed by atoms with Gasteiger partial charge in [-0.25, -0.2) is 9.97 Å². The fraction of sp³-hybridized carbons (Fsp3) is 0.538. The average molecular weight is 329 g/mol. The maximum Gasteiger partial charge on any atom is 0.453 e. The summed E-state index contributed by atoms with van der Waals surface area (Å²) in [4.78, 5) is 19.5. The molecular weight excluding hydrogens is 315 g/mol. The summed E-state index contributed by atoms with van der Waals surface area (Å²) in [6, 6.07) is -0.782. The fourth-order valence-corrected chi connectivity index (χ4v) is 2.17. The van der Waals surface area contributed by atoms with Crippen molar-refractivity contribution in [3.05, 3.63) is 29.5 Å². The fourth-order valence-electron chi connectivity index (χ4n) is 2.17. The van der Waals surface area contributed by atoms with Gasteiger partial charge in [-0.15, -0.1) is 5.10 Å². The third-order valence-corrected chi connectivity index (χ3v) is 3.72. The topological polar surface area (TPSA) is 96.7 Å². The van der Waals surface area contributed by atoms with E-state index in [4.69, 9.17) is 4.42 Å². The third kappa shape index (κ3) is 3.20. The minimum Gasteiger partial charge on any atom is -0.448 e. The molecule has 0 aromatic carbocycles. The van der Waals surface area contributed by atoms with Gasteiger partial charge in [0.15, 0.2) is 11.6 Å². The molecule has 0 radical (unpaired) electrons. The Bertz CT molecular complexity index is 705. The first-order valence-corrected chi connectivity index (χ1v) is 7.10. The van der Waals surface area contributed by atoms with Crippen molar-refractivity contribution < 1.29 is 22.4 Å². The number of aromatic nitrogens is 4. The van der Waals surface area contributed by atoms with Crippen LogP contribution in [0.15, 0.2) is 10.7 Å². The highest BCUT2D eigenvalue weighted by Crippen LogP contribution is 2.35. The zero-order valence-corrected chi connectivity index (χ0v) is 12.1. The van der Waals surface area contributed by atoms with Crippen LogP contribution in [0.3, 0.4) is 0 Å². The smallest absolute Gasteiger partial charge is 0.448 e. The summed E-state index contributed by atoms with van der Waals surface area (Å²) in [5.74, 6) is -1.14. The van der Waals surface area contributed by atoms with Gasteiger partial charge in [0, 0.05) is 5.92 Å². The van der Waals surface area contributed by atoms with Crippen molar-refractivity contribution in [2.75, 3.05) is 0 Å². The molecule has 2 N–H and O–H groups in total. The van der Waals surface area contributed by atoms with Crippen LogP contribution in [0.4, 0.5) is 13.2 Å². The van der Waals surface area contributed by atoms with Crippen molar-refractivity contribution in [3.63, 3.8) is 0 Å². The van der Waals surface area contributed by atoms with Crippen LogP contribution in [0.1, 0.15) is 66.2 Å². The highest BCUT2D eigenvalue weighted by Gasteiger charge is 2.36. The van der Waals surface area contributed by atoms with Crippen LogP contribution in [0.5, 0.6) is 0 Å². The molecule has 1 atom stereocenters. The number of rotatable bonds is 4. The molecule has 1 saturated carbocycles. The predicted molar refractivity (Wildman–Crippen MR) is 70.4 cm³/mol. The van der Waals surface area contributed by atoms with Gasteiger partial charge in [0.05, 0.1) is 6.04 Å². The molecule has 0 bridgehead atoms. The molecule has 1 unspecified atom stereocenters. The van der Waals surface area contributed by atoms with Crippen LogP contribution in [-0.4, -0.2) is 26.1 Å². The molecule has 1 aliphatic carbocycles. The second kappa shape index (κ2) is 5.67. The number of hydrogen-bond acceptors (Lipinski definition) is 5. The van der Waals surface area contributed by atoms with E-state index in [0.717, 1.165) is 19.3 Å². The largest absolute Gasteiger partial charge is 0.453 e. The third-order valence-electron chi connectivity index (χ3n) is 3.72. The van der Waals surface area contributed by atoms with Crippen LogP contribution in [-0.2, 0) is 6.18 Å². The van der Waals surface area contributed by atoms with E-state index in [-0.39, 0.29) is 17.4 Å². The van der Waals surface area contributed by atoms with E-state index < -0.39 is 23.9 Å². The molecule has 0 aliphatic heterocycles. The molecular formula is C13H14F3N5O2. The molecule has 1 amide bonds. The highest BCUT2D eigenvalue weighted by molar-refractivity contribution is 5.92. The van der Waals surface area contributed by atoms with Gasteiger partial charge >= 0.3 is 6.18 Å². The maximum atomic E-state index is 12.5. The Labute approximate surface area is 128 Å². The zero-order valence-electron chi connectivity index (χ0n) is 12.1. The number of nitrogens with zero attached hydrogens (tertiary/aromatic N) is 3. The van der Waals surface area contributed by atoms with Crippen LogP contribution < -0.4 is 5.32 Å². The number of alkyl halides is 3. The second-order valence-corrected chi connectivity index (χ2v) is 5.44. The first-order chi connectivity index (χ1) is 10.8. The summed E-state index contributed by atoms with van der Waals surface area (Å²) in [5, 5.41) is 7.76. The van der Waals surface area contributed by atoms with Gasteiger partial charge in [-0.3, -0.25) is 9.89 Å². The van der Waals surface area contributed by atoms with Crippen molar-refractivity contribution in [1.29, 1.82) is 0 Å². The molecule has 1 fully saturated rings. The van der Waals surface area contributed by atoms with Crippen LogP contribution >= 0.6 is 0 Å². The van der Waals surface area contributed by atoms with Crippen LogP contribution in [0, 0.1) is 0 Å². The maximum absolute atomic E-state index is 12.5. The number of oxazole rings is 1. The zero-order chi connectivity index (χ0) is 16.6. The lowest BCUT2D eigenvalue weighted by atomic mass is 9.85. The number of halogens is 3. The van der Waals surface area contributed by atoms with E-state index in [0.29, 0.717) is 5.89 Å². The lowest BCUT2D eigenvalue weighted by Crippen LogP contribution is -2.28. The van der Waals surface area contributed by atoms with E-state index in [1.165, 1.54) is 13.2 Å². The van der Waals surface area contributed by atoms with Crippen LogP contribution in [0.25, 0.3) is 0 Å². The SMILES string of the molecule is CC(NC(=O)c1coc(C2CCC2)n1)c1nc(C(F)(F)F)n[nH]1. The molecule has 2 aromatic rings. The minimum absolute atomic E-state index is 0.0895. The average Bonchev–Trinajstić information content (AvgIpc) is 3.04. The van der Waals surface area contributed by atoms with Gasteiger partial charge in [-0.05, 0) is 19.8 Å². The molecule has 0 saturated heterocycles. The monoisotopic (exact) mass is 329 g/mol. The quantitative estimate of drug-likeness (QED) is 0.898. The highest BCUT2D eigenvalue weighted by atomic mass is 19.4. The van der Waals surface area contributed by atoms with Crippen molar-refractivity contribution in [2.45, 2.75) is 44.3 Å². The Balaban J connectivity index is 1.64. The first kappa shape index (κ1) is 15.5. The first-order valence-electron chi connectivity index (χ1n) is 7.10. The van der Waals surface area contributed by atoms with Crippen LogP contribution in [0.2, 0.25) is 0 Å². The van der Waals surface area contributed by atoms with Gasteiger partial charge in [0.2, 0.25) is 0 Å². The van der Waals surface area contributed by atoms with E-state index in [9.17, 15) is 18.0 Å². The summed E-state index contributed by atoms with van der Waals surface area (Å²) in [6.07, 6.45) is -0.315. The Morgan fingerprint density at radius 3 is 2.74 bits per heavy atom. The number of carbonyl (C=O) groups is 1. The number of aromatic amines is 1. The molecule has 3 rings (SSSR count). The Morgan fingerprint density at radius 2 is 2.17 bits per heavy atom. The van der Waals surface area contributed by atoms with Crippen molar-refractivity contribution in [2.24, 2.45) is 0 Å². The summed E-state index contributed by atoms with van der Waals surface area (Å²) >= 11 is 0.